The van der Waals surface area contributed by atoms with E-state index in [1.807, 2.05) is 20.9 Å². The molecule has 0 bridgehead atoms. The Morgan fingerprint density at radius 1 is 1.56 bits per heavy atom. The third kappa shape index (κ3) is 2.09. The lowest BCUT2D eigenvalue weighted by Crippen LogP contribution is -2.36. The Hall–Kier alpha value is -1.36. The molecule has 88 valence electrons. The molecule has 0 spiro atoms. The normalized spacial score (nSPS) is 20.8. The van der Waals surface area contributed by atoms with Crippen LogP contribution in [-0.4, -0.2) is 35.4 Å². The maximum atomic E-state index is 11.6. The summed E-state index contributed by atoms with van der Waals surface area (Å²) in [7, 11) is 1.82. The zero-order valence-electron chi connectivity index (χ0n) is 9.91. The highest BCUT2D eigenvalue weighted by atomic mass is 16.4. The highest BCUT2D eigenvalue weighted by Gasteiger charge is 2.28. The van der Waals surface area contributed by atoms with Crippen molar-refractivity contribution in [1.29, 1.82) is 0 Å². The summed E-state index contributed by atoms with van der Waals surface area (Å²) >= 11 is 0. The number of amides is 1. The van der Waals surface area contributed by atoms with Gasteiger partial charge in [0.2, 0.25) is 11.8 Å². The summed E-state index contributed by atoms with van der Waals surface area (Å²) in [6.45, 7) is 5.14. The van der Waals surface area contributed by atoms with Crippen molar-refractivity contribution in [1.82, 2.24) is 15.2 Å². The van der Waals surface area contributed by atoms with Crippen LogP contribution >= 0.6 is 0 Å². The molecule has 0 aliphatic carbocycles. The molecule has 1 aliphatic rings. The lowest BCUT2D eigenvalue weighted by atomic mass is 10.2. The van der Waals surface area contributed by atoms with E-state index in [0.717, 1.165) is 24.4 Å². The smallest absolute Gasteiger partial charge is 0.239 e. The van der Waals surface area contributed by atoms with Gasteiger partial charge in [0.25, 0.3) is 0 Å². The maximum absolute atomic E-state index is 11.6. The molecule has 5 heteroatoms. The van der Waals surface area contributed by atoms with Crippen LogP contribution in [0.3, 0.4) is 0 Å². The van der Waals surface area contributed by atoms with E-state index in [9.17, 15) is 4.79 Å². The fourth-order valence-corrected chi connectivity index (χ4v) is 1.84. The molecule has 2 heterocycles. The van der Waals surface area contributed by atoms with Gasteiger partial charge in [0.15, 0.2) is 0 Å². The monoisotopic (exact) mass is 223 g/mol. The molecule has 0 saturated carbocycles. The van der Waals surface area contributed by atoms with Crippen LogP contribution in [0, 0.1) is 13.8 Å². The average Bonchev–Trinajstić information content (AvgIpc) is 2.72. The molecule has 1 saturated heterocycles. The standard InChI is InChI=1S/C11H17N3O2/c1-7-8(2)16-10(13-7)6-12-9-4-5-14(3)11(9)15/h9,12H,4-6H2,1-3H3. The predicted molar refractivity (Wildman–Crippen MR) is 58.9 cm³/mol. The first-order chi connectivity index (χ1) is 7.58. The third-order valence-electron chi connectivity index (χ3n) is 3.00. The van der Waals surface area contributed by atoms with Crippen molar-refractivity contribution >= 4 is 5.91 Å². The summed E-state index contributed by atoms with van der Waals surface area (Å²) in [5, 5.41) is 3.17. The molecular weight excluding hydrogens is 206 g/mol. The van der Waals surface area contributed by atoms with Crippen LogP contribution < -0.4 is 5.32 Å². The number of carbonyl (C=O) groups is 1. The molecule has 1 aliphatic heterocycles. The summed E-state index contributed by atoms with van der Waals surface area (Å²) in [5.74, 6) is 1.64. The summed E-state index contributed by atoms with van der Waals surface area (Å²) in [5.41, 5.74) is 0.909. The number of hydrogen-bond acceptors (Lipinski definition) is 4. The zero-order valence-corrected chi connectivity index (χ0v) is 9.91. The van der Waals surface area contributed by atoms with Crippen molar-refractivity contribution in [3.63, 3.8) is 0 Å². The van der Waals surface area contributed by atoms with Crippen molar-refractivity contribution in [2.45, 2.75) is 32.9 Å². The van der Waals surface area contributed by atoms with Crippen LogP contribution in [0.5, 0.6) is 0 Å². The molecule has 0 aromatic carbocycles. The SMILES string of the molecule is Cc1nc(CNC2CCN(C)C2=O)oc1C. The van der Waals surface area contributed by atoms with E-state index in [4.69, 9.17) is 4.42 Å². The number of hydrogen-bond donors (Lipinski definition) is 1. The molecule has 16 heavy (non-hydrogen) atoms. The van der Waals surface area contributed by atoms with Crippen LogP contribution in [0.2, 0.25) is 0 Å². The first kappa shape index (κ1) is 11.1. The molecular formula is C11H17N3O2. The number of oxazole rings is 1. The molecule has 1 aromatic heterocycles. The lowest BCUT2D eigenvalue weighted by Gasteiger charge is -2.10. The first-order valence-corrected chi connectivity index (χ1v) is 5.49. The van der Waals surface area contributed by atoms with Crippen LogP contribution in [0.15, 0.2) is 4.42 Å². The van der Waals surface area contributed by atoms with E-state index < -0.39 is 0 Å². The molecule has 5 nitrogen and oxygen atoms in total. The quantitative estimate of drug-likeness (QED) is 0.815. The fourth-order valence-electron chi connectivity index (χ4n) is 1.84. The van der Waals surface area contributed by atoms with Gasteiger partial charge in [-0.15, -0.1) is 0 Å². The van der Waals surface area contributed by atoms with Gasteiger partial charge >= 0.3 is 0 Å². The van der Waals surface area contributed by atoms with E-state index in [-0.39, 0.29) is 11.9 Å². The van der Waals surface area contributed by atoms with Crippen molar-refractivity contribution in [3.05, 3.63) is 17.3 Å². The van der Waals surface area contributed by atoms with Crippen LogP contribution in [0.4, 0.5) is 0 Å². The Morgan fingerprint density at radius 2 is 2.31 bits per heavy atom. The maximum Gasteiger partial charge on any atom is 0.239 e. The molecule has 2 rings (SSSR count). The Kier molecular flexibility index (Phi) is 2.96. The van der Waals surface area contributed by atoms with Crippen molar-refractivity contribution in [2.75, 3.05) is 13.6 Å². The Bertz CT molecular complexity index is 380. The topological polar surface area (TPSA) is 58.4 Å². The van der Waals surface area contributed by atoms with Gasteiger partial charge in [-0.3, -0.25) is 10.1 Å². The van der Waals surface area contributed by atoms with E-state index >= 15 is 0 Å². The fraction of sp³-hybridized carbons (Fsp3) is 0.636. The first-order valence-electron chi connectivity index (χ1n) is 5.49. The second-order valence-corrected chi connectivity index (χ2v) is 4.23. The largest absolute Gasteiger partial charge is 0.444 e. The average molecular weight is 223 g/mol. The summed E-state index contributed by atoms with van der Waals surface area (Å²) in [4.78, 5) is 17.6. The van der Waals surface area contributed by atoms with Crippen molar-refractivity contribution < 1.29 is 9.21 Å². The Labute approximate surface area is 94.8 Å². The number of nitrogens with one attached hydrogen (secondary N) is 1. The van der Waals surface area contributed by atoms with Crippen LogP contribution in [0.25, 0.3) is 0 Å². The number of aryl methyl sites for hydroxylation is 2. The van der Waals surface area contributed by atoms with Gasteiger partial charge in [-0.2, -0.15) is 0 Å². The van der Waals surface area contributed by atoms with Gasteiger partial charge in [-0.25, -0.2) is 4.98 Å². The Morgan fingerprint density at radius 3 is 2.81 bits per heavy atom. The Balaban J connectivity index is 1.90. The van der Waals surface area contributed by atoms with Gasteiger partial charge in [-0.1, -0.05) is 0 Å². The molecule has 1 aromatic rings. The summed E-state index contributed by atoms with van der Waals surface area (Å²) < 4.78 is 5.44. The molecule has 1 N–H and O–H groups in total. The molecule has 1 atom stereocenters. The van der Waals surface area contributed by atoms with Gasteiger partial charge < -0.3 is 9.32 Å². The minimum Gasteiger partial charge on any atom is -0.444 e. The van der Waals surface area contributed by atoms with Crippen molar-refractivity contribution in [2.24, 2.45) is 0 Å². The third-order valence-corrected chi connectivity index (χ3v) is 3.00. The van der Waals surface area contributed by atoms with E-state index in [0.29, 0.717) is 12.4 Å². The minimum absolute atomic E-state index is 0.0856. The minimum atomic E-state index is -0.0856. The second-order valence-electron chi connectivity index (χ2n) is 4.23. The number of likely N-dealkylation sites (tertiary alicyclic amines) is 1. The molecule has 1 unspecified atom stereocenters. The van der Waals surface area contributed by atoms with Crippen LogP contribution in [0.1, 0.15) is 23.8 Å². The highest BCUT2D eigenvalue weighted by Crippen LogP contribution is 2.11. The van der Waals surface area contributed by atoms with Crippen LogP contribution in [-0.2, 0) is 11.3 Å². The molecule has 1 amide bonds. The zero-order chi connectivity index (χ0) is 11.7. The summed E-state index contributed by atoms with van der Waals surface area (Å²) in [6, 6.07) is -0.0856. The van der Waals surface area contributed by atoms with E-state index in [1.165, 1.54) is 0 Å². The van der Waals surface area contributed by atoms with Gasteiger partial charge in [0.05, 0.1) is 18.3 Å². The highest BCUT2D eigenvalue weighted by molar-refractivity contribution is 5.83. The van der Waals surface area contributed by atoms with Gasteiger partial charge in [0.1, 0.15) is 5.76 Å². The number of carbonyl (C=O) groups excluding carboxylic acids is 1. The second kappa shape index (κ2) is 4.25. The summed E-state index contributed by atoms with van der Waals surface area (Å²) in [6.07, 6.45) is 0.855. The predicted octanol–water partition coefficient (Wildman–Crippen LogP) is 0.612. The molecule has 1 fully saturated rings. The number of nitrogens with zero attached hydrogens (tertiary/aromatic N) is 2. The van der Waals surface area contributed by atoms with Crippen molar-refractivity contribution in [3.8, 4) is 0 Å². The number of likely N-dealkylation sites (N-methyl/N-ethyl adjacent to an activating group) is 1. The molecule has 0 radical (unpaired) electrons. The van der Waals surface area contributed by atoms with E-state index in [2.05, 4.69) is 10.3 Å². The van der Waals surface area contributed by atoms with Gasteiger partial charge in [0, 0.05) is 13.6 Å². The van der Waals surface area contributed by atoms with Gasteiger partial charge in [-0.05, 0) is 20.3 Å². The number of aromatic nitrogens is 1. The van der Waals surface area contributed by atoms with E-state index in [1.54, 1.807) is 4.90 Å². The lowest BCUT2D eigenvalue weighted by molar-refractivity contribution is -0.128. The number of rotatable bonds is 3.